The van der Waals surface area contributed by atoms with Gasteiger partial charge in [-0.3, -0.25) is 0 Å². The first-order chi connectivity index (χ1) is 6.77. The smallest absolute Gasteiger partial charge is 0.00277 e. The molecule has 0 atom stereocenters. The van der Waals surface area contributed by atoms with Crippen LogP contribution < -0.4 is 5.32 Å². The molecule has 0 heterocycles. The lowest BCUT2D eigenvalue weighted by atomic mass is 10.0. The lowest BCUT2D eigenvalue weighted by Crippen LogP contribution is -1.91. The summed E-state index contributed by atoms with van der Waals surface area (Å²) in [6, 6.07) is 8.55. The van der Waals surface area contributed by atoms with Gasteiger partial charge in [-0.05, 0) is 37.3 Å². The van der Waals surface area contributed by atoms with Gasteiger partial charge in [0.15, 0.2) is 0 Å². The third-order valence-corrected chi connectivity index (χ3v) is 2.13. The minimum absolute atomic E-state index is 1.24. The summed E-state index contributed by atoms with van der Waals surface area (Å²) in [6.45, 7) is 4.15. The summed E-state index contributed by atoms with van der Waals surface area (Å²) in [5.74, 6) is 0. The summed E-state index contributed by atoms with van der Waals surface area (Å²) >= 11 is 0. The van der Waals surface area contributed by atoms with Crippen LogP contribution in [0.25, 0.3) is 5.57 Å². The van der Waals surface area contributed by atoms with Crippen LogP contribution >= 0.6 is 0 Å². The molecule has 0 aliphatic heterocycles. The Morgan fingerprint density at radius 3 is 2.36 bits per heavy atom. The Labute approximate surface area is 86.2 Å². The first-order valence-electron chi connectivity index (χ1n) is 4.85. The molecular formula is C13H17N. The van der Waals surface area contributed by atoms with E-state index in [0.717, 1.165) is 0 Å². The van der Waals surface area contributed by atoms with Gasteiger partial charge in [-0.25, -0.2) is 0 Å². The van der Waals surface area contributed by atoms with Gasteiger partial charge in [-0.2, -0.15) is 0 Å². The van der Waals surface area contributed by atoms with Gasteiger partial charge in [0, 0.05) is 7.05 Å². The molecule has 0 unspecified atom stereocenters. The molecule has 0 bridgehead atoms. The molecule has 0 radical (unpaired) electrons. The Hall–Kier alpha value is -1.50. The molecule has 0 saturated heterocycles. The van der Waals surface area contributed by atoms with E-state index >= 15 is 0 Å². The molecule has 1 heteroatoms. The summed E-state index contributed by atoms with van der Waals surface area (Å²) < 4.78 is 0. The second-order valence-electron chi connectivity index (χ2n) is 3.23. The highest BCUT2D eigenvalue weighted by atomic mass is 14.8. The average molecular weight is 187 g/mol. The molecule has 74 valence electrons. The monoisotopic (exact) mass is 187 g/mol. The van der Waals surface area contributed by atoms with E-state index in [2.05, 4.69) is 55.6 Å². The van der Waals surface area contributed by atoms with E-state index in [4.69, 9.17) is 0 Å². The minimum Gasteiger partial charge on any atom is -0.394 e. The van der Waals surface area contributed by atoms with E-state index in [9.17, 15) is 0 Å². The van der Waals surface area contributed by atoms with Crippen molar-refractivity contribution in [3.63, 3.8) is 0 Å². The molecule has 0 aromatic heterocycles. The van der Waals surface area contributed by atoms with E-state index < -0.39 is 0 Å². The number of hydrogen-bond donors (Lipinski definition) is 1. The van der Waals surface area contributed by atoms with E-state index in [1.54, 1.807) is 0 Å². The maximum absolute atomic E-state index is 2.99. The van der Waals surface area contributed by atoms with Gasteiger partial charge in [0.25, 0.3) is 0 Å². The van der Waals surface area contributed by atoms with Crippen LogP contribution in [0, 0.1) is 6.92 Å². The highest BCUT2D eigenvalue weighted by Crippen LogP contribution is 2.15. The predicted molar refractivity (Wildman–Crippen MR) is 63.0 cm³/mol. The average Bonchev–Trinajstić information content (AvgIpc) is 2.21. The van der Waals surface area contributed by atoms with Gasteiger partial charge >= 0.3 is 0 Å². The molecule has 0 aliphatic carbocycles. The van der Waals surface area contributed by atoms with Crippen molar-refractivity contribution in [3.8, 4) is 0 Å². The van der Waals surface area contributed by atoms with Crippen LogP contribution in [0.5, 0.6) is 0 Å². The highest BCUT2D eigenvalue weighted by molar-refractivity contribution is 5.73. The number of nitrogens with one attached hydrogen (secondary N) is 1. The second kappa shape index (κ2) is 5.28. The van der Waals surface area contributed by atoms with E-state index in [0.29, 0.717) is 0 Å². The molecule has 0 saturated carbocycles. The zero-order valence-electron chi connectivity index (χ0n) is 9.04. The van der Waals surface area contributed by atoms with Crippen molar-refractivity contribution in [2.75, 3.05) is 7.05 Å². The van der Waals surface area contributed by atoms with Crippen LogP contribution in [0.1, 0.15) is 18.1 Å². The zero-order valence-corrected chi connectivity index (χ0v) is 9.04. The zero-order chi connectivity index (χ0) is 10.4. The van der Waals surface area contributed by atoms with E-state index in [1.165, 1.54) is 16.7 Å². The summed E-state index contributed by atoms with van der Waals surface area (Å²) in [7, 11) is 1.90. The predicted octanol–water partition coefficient (Wildman–Crippen LogP) is 3.13. The lowest BCUT2D eigenvalue weighted by Gasteiger charge is -2.02. The van der Waals surface area contributed by atoms with Crippen LogP contribution in [-0.2, 0) is 0 Å². The van der Waals surface area contributed by atoms with Crippen molar-refractivity contribution < 1.29 is 0 Å². The number of hydrogen-bond acceptors (Lipinski definition) is 1. The summed E-state index contributed by atoms with van der Waals surface area (Å²) in [4.78, 5) is 0. The van der Waals surface area contributed by atoms with Crippen LogP contribution in [0.4, 0.5) is 0 Å². The Morgan fingerprint density at radius 1 is 1.21 bits per heavy atom. The molecule has 0 aliphatic rings. The first-order valence-corrected chi connectivity index (χ1v) is 4.85. The molecule has 0 spiro atoms. The molecule has 1 rings (SSSR count). The fourth-order valence-electron chi connectivity index (χ4n) is 1.28. The van der Waals surface area contributed by atoms with Crippen molar-refractivity contribution in [1.29, 1.82) is 0 Å². The molecule has 1 aromatic rings. The van der Waals surface area contributed by atoms with Crippen molar-refractivity contribution in [2.45, 2.75) is 13.8 Å². The number of rotatable bonds is 3. The Kier molecular flexibility index (Phi) is 3.99. The van der Waals surface area contributed by atoms with Gasteiger partial charge in [0.1, 0.15) is 0 Å². The third-order valence-electron chi connectivity index (χ3n) is 2.13. The number of allylic oxidation sites excluding steroid dienone is 3. The maximum Gasteiger partial charge on any atom is 0.00277 e. The van der Waals surface area contributed by atoms with Crippen molar-refractivity contribution >= 4 is 5.57 Å². The number of aryl methyl sites for hydroxylation is 1. The standard InChI is InChI=1S/C13H17N/c1-4-12(9-10-14-3)13-7-5-11(2)6-8-13/h4-10,14H,1-3H3/b10-9-,12-4+. The fourth-order valence-corrected chi connectivity index (χ4v) is 1.28. The van der Waals surface area contributed by atoms with Crippen LogP contribution in [0.3, 0.4) is 0 Å². The van der Waals surface area contributed by atoms with Crippen LogP contribution in [0.15, 0.2) is 42.6 Å². The molecule has 1 N–H and O–H groups in total. The van der Waals surface area contributed by atoms with E-state index in [-0.39, 0.29) is 0 Å². The van der Waals surface area contributed by atoms with Crippen molar-refractivity contribution in [2.24, 2.45) is 0 Å². The number of benzene rings is 1. The molecule has 1 aromatic carbocycles. The van der Waals surface area contributed by atoms with Gasteiger partial charge in [-0.1, -0.05) is 35.9 Å². The Morgan fingerprint density at radius 2 is 1.86 bits per heavy atom. The minimum atomic E-state index is 1.24. The topological polar surface area (TPSA) is 12.0 Å². The molecule has 14 heavy (non-hydrogen) atoms. The quantitative estimate of drug-likeness (QED) is 0.717. The molecule has 0 amide bonds. The van der Waals surface area contributed by atoms with Gasteiger partial charge < -0.3 is 5.32 Å². The molecule has 0 fully saturated rings. The summed E-state index contributed by atoms with van der Waals surface area (Å²) in [6.07, 6.45) is 6.12. The maximum atomic E-state index is 2.99. The summed E-state index contributed by atoms with van der Waals surface area (Å²) in [5.41, 5.74) is 3.78. The third kappa shape index (κ3) is 2.77. The highest BCUT2D eigenvalue weighted by Gasteiger charge is 1.94. The van der Waals surface area contributed by atoms with Crippen LogP contribution in [-0.4, -0.2) is 7.05 Å². The molecular weight excluding hydrogens is 170 g/mol. The van der Waals surface area contributed by atoms with Crippen molar-refractivity contribution in [3.05, 3.63) is 53.7 Å². The van der Waals surface area contributed by atoms with Crippen molar-refractivity contribution in [1.82, 2.24) is 5.32 Å². The SMILES string of the molecule is C/C=C(\C=C/NC)c1ccc(C)cc1. The van der Waals surface area contributed by atoms with Crippen LogP contribution in [0.2, 0.25) is 0 Å². The van der Waals surface area contributed by atoms with Gasteiger partial charge in [0.05, 0.1) is 0 Å². The molecule has 1 nitrogen and oxygen atoms in total. The lowest BCUT2D eigenvalue weighted by molar-refractivity contribution is 1.10. The Bertz CT molecular complexity index is 331. The second-order valence-corrected chi connectivity index (χ2v) is 3.23. The normalized spacial score (nSPS) is 12.1. The van der Waals surface area contributed by atoms with Gasteiger partial charge in [-0.15, -0.1) is 0 Å². The Balaban J connectivity index is 2.91. The van der Waals surface area contributed by atoms with Gasteiger partial charge in [0.2, 0.25) is 0 Å². The summed E-state index contributed by atoms with van der Waals surface area (Å²) in [5, 5.41) is 2.99. The fraction of sp³-hybridized carbons (Fsp3) is 0.231. The largest absolute Gasteiger partial charge is 0.394 e. The first kappa shape index (κ1) is 10.6. The van der Waals surface area contributed by atoms with E-state index in [1.807, 2.05) is 13.2 Å².